The molecule has 0 heterocycles. The number of hydrogen-bond donors (Lipinski definition) is 1. The molecule has 0 radical (unpaired) electrons. The first kappa shape index (κ1) is 11.2. The highest BCUT2D eigenvalue weighted by Gasteiger charge is 2.85. The normalized spacial score (nSPS) is 61.3. The Morgan fingerprint density at radius 1 is 0.947 bits per heavy atom. The maximum absolute atomic E-state index is 6.81. The van der Waals surface area contributed by atoms with Gasteiger partial charge in [-0.2, -0.15) is 0 Å². The summed E-state index contributed by atoms with van der Waals surface area (Å²) in [5.41, 5.74) is 8.80. The minimum Gasteiger partial charge on any atom is -0.327 e. The van der Waals surface area contributed by atoms with Crippen molar-refractivity contribution in [2.24, 2.45) is 47.2 Å². The predicted molar refractivity (Wildman–Crippen MR) is 77.0 cm³/mol. The van der Waals surface area contributed by atoms with Crippen molar-refractivity contribution >= 4 is 12.4 Å². The fraction of sp³-hybridized carbons (Fsp3) is 0.647. The second-order valence-electron chi connectivity index (χ2n) is 7.57. The summed E-state index contributed by atoms with van der Waals surface area (Å²) in [5, 5.41) is 0. The van der Waals surface area contributed by atoms with E-state index < -0.39 is 0 Å². The van der Waals surface area contributed by atoms with E-state index in [-0.39, 0.29) is 12.4 Å². The van der Waals surface area contributed by atoms with Crippen LogP contribution in [0.1, 0.15) is 18.4 Å². The zero-order chi connectivity index (χ0) is 11.6. The standard InChI is InChI=1S/C17H19N.ClH/c18-16-14-11-6-9-10-7-12(13(9)14)17(16,15(10)11)8-4-2-1-3-5-8;/h1-5,9-16H,6-7,18H2;1H/t9?,10?,11?,12?,13?,14?,15?,16-,17?;/m0./s1. The zero-order valence-electron chi connectivity index (χ0n) is 10.9. The molecule has 0 spiro atoms. The first-order chi connectivity index (χ1) is 8.85. The van der Waals surface area contributed by atoms with E-state index in [4.69, 9.17) is 5.73 Å². The molecule has 0 aliphatic heterocycles. The van der Waals surface area contributed by atoms with Crippen molar-refractivity contribution in [3.8, 4) is 0 Å². The van der Waals surface area contributed by atoms with Gasteiger partial charge in [-0.15, -0.1) is 12.4 Å². The van der Waals surface area contributed by atoms with Gasteiger partial charge in [0.15, 0.2) is 0 Å². The van der Waals surface area contributed by atoms with Gasteiger partial charge in [0.1, 0.15) is 0 Å². The van der Waals surface area contributed by atoms with Crippen molar-refractivity contribution in [3.63, 3.8) is 0 Å². The third kappa shape index (κ3) is 0.819. The first-order valence-electron chi connectivity index (χ1n) is 7.66. The van der Waals surface area contributed by atoms with Crippen molar-refractivity contribution in [3.05, 3.63) is 35.9 Å². The molecule has 9 atom stereocenters. The van der Waals surface area contributed by atoms with Crippen molar-refractivity contribution in [2.45, 2.75) is 24.3 Å². The summed E-state index contributed by atoms with van der Waals surface area (Å²) in [6, 6.07) is 11.8. The summed E-state index contributed by atoms with van der Waals surface area (Å²) >= 11 is 0. The molecule has 8 unspecified atom stereocenters. The van der Waals surface area contributed by atoms with Gasteiger partial charge in [-0.3, -0.25) is 0 Å². The number of hydrogen-bond acceptors (Lipinski definition) is 1. The lowest BCUT2D eigenvalue weighted by Crippen LogP contribution is -2.46. The van der Waals surface area contributed by atoms with Crippen molar-refractivity contribution < 1.29 is 0 Å². The van der Waals surface area contributed by atoms with Crippen molar-refractivity contribution in [1.82, 2.24) is 0 Å². The molecule has 0 saturated heterocycles. The Labute approximate surface area is 120 Å². The molecule has 2 heteroatoms. The molecule has 6 saturated carbocycles. The van der Waals surface area contributed by atoms with Gasteiger partial charge in [0.25, 0.3) is 0 Å². The monoisotopic (exact) mass is 273 g/mol. The fourth-order valence-electron chi connectivity index (χ4n) is 8.06. The van der Waals surface area contributed by atoms with E-state index in [1.54, 1.807) is 5.56 Å². The van der Waals surface area contributed by atoms with Crippen LogP contribution in [0.2, 0.25) is 0 Å². The van der Waals surface area contributed by atoms with Crippen LogP contribution in [0.15, 0.2) is 30.3 Å². The summed E-state index contributed by atoms with van der Waals surface area (Å²) in [6.45, 7) is 0. The van der Waals surface area contributed by atoms with Crippen LogP contribution in [0.4, 0.5) is 0 Å². The minimum absolute atomic E-state index is 0. The third-order valence-electron chi connectivity index (χ3n) is 7.85. The van der Waals surface area contributed by atoms with E-state index in [1.807, 2.05) is 0 Å². The number of rotatable bonds is 1. The highest BCUT2D eigenvalue weighted by molar-refractivity contribution is 5.85. The van der Waals surface area contributed by atoms with Gasteiger partial charge >= 0.3 is 0 Å². The van der Waals surface area contributed by atoms with Gasteiger partial charge in [-0.25, -0.2) is 0 Å². The Morgan fingerprint density at radius 3 is 2.53 bits per heavy atom. The largest absolute Gasteiger partial charge is 0.327 e. The SMILES string of the molecule is Cl.N[C@H]1C2C3CC4C5CC(C42)C1(c1ccccc1)C53. The maximum Gasteiger partial charge on any atom is 0.0176 e. The van der Waals surface area contributed by atoms with Crippen LogP contribution in [0.3, 0.4) is 0 Å². The summed E-state index contributed by atoms with van der Waals surface area (Å²) in [7, 11) is 0. The van der Waals surface area contributed by atoms with Crippen LogP contribution < -0.4 is 5.73 Å². The third-order valence-corrected chi connectivity index (χ3v) is 7.85. The minimum atomic E-state index is 0. The fourth-order valence-corrected chi connectivity index (χ4v) is 8.06. The van der Waals surface area contributed by atoms with Crippen LogP contribution in [0.5, 0.6) is 0 Å². The second kappa shape index (κ2) is 3.04. The molecule has 6 fully saturated rings. The second-order valence-corrected chi connectivity index (χ2v) is 7.57. The lowest BCUT2D eigenvalue weighted by molar-refractivity contribution is 0.107. The smallest absolute Gasteiger partial charge is 0.0176 e. The van der Waals surface area contributed by atoms with Gasteiger partial charge in [-0.1, -0.05) is 30.3 Å². The summed E-state index contributed by atoms with van der Waals surface area (Å²) in [6.07, 6.45) is 3.04. The van der Waals surface area contributed by atoms with E-state index in [9.17, 15) is 0 Å². The maximum atomic E-state index is 6.81. The van der Waals surface area contributed by atoms with Gasteiger partial charge in [-0.05, 0) is 59.8 Å². The Hall–Kier alpha value is -0.530. The van der Waals surface area contributed by atoms with Crippen LogP contribution in [-0.4, -0.2) is 6.04 Å². The Balaban J connectivity index is 0.000000882. The zero-order valence-corrected chi connectivity index (χ0v) is 11.7. The first-order valence-corrected chi connectivity index (χ1v) is 7.66. The molecule has 0 amide bonds. The topological polar surface area (TPSA) is 26.0 Å². The molecule has 6 aliphatic carbocycles. The number of nitrogens with two attached hydrogens (primary N) is 1. The molecule has 1 aromatic rings. The van der Waals surface area contributed by atoms with E-state index >= 15 is 0 Å². The van der Waals surface area contributed by atoms with Gasteiger partial charge in [0, 0.05) is 11.5 Å². The van der Waals surface area contributed by atoms with E-state index in [2.05, 4.69) is 30.3 Å². The lowest BCUT2D eigenvalue weighted by atomic mass is 9.60. The molecule has 6 bridgehead atoms. The van der Waals surface area contributed by atoms with Crippen LogP contribution in [-0.2, 0) is 5.41 Å². The molecular weight excluding hydrogens is 254 g/mol. The Morgan fingerprint density at radius 2 is 1.74 bits per heavy atom. The highest BCUT2D eigenvalue weighted by atomic mass is 35.5. The van der Waals surface area contributed by atoms with Gasteiger partial charge in [0.2, 0.25) is 0 Å². The lowest BCUT2D eigenvalue weighted by Gasteiger charge is -2.43. The van der Waals surface area contributed by atoms with Gasteiger partial charge < -0.3 is 5.73 Å². The molecule has 0 aromatic heterocycles. The molecule has 100 valence electrons. The molecule has 1 nitrogen and oxygen atoms in total. The molecule has 7 rings (SSSR count). The van der Waals surface area contributed by atoms with E-state index in [0.717, 1.165) is 41.4 Å². The predicted octanol–water partition coefficient (Wildman–Crippen LogP) is 2.84. The Bertz CT molecular complexity index is 558. The summed E-state index contributed by atoms with van der Waals surface area (Å²) in [4.78, 5) is 0. The van der Waals surface area contributed by atoms with Crippen molar-refractivity contribution in [1.29, 1.82) is 0 Å². The summed E-state index contributed by atoms with van der Waals surface area (Å²) in [5.74, 6) is 6.94. The van der Waals surface area contributed by atoms with Crippen LogP contribution in [0, 0.1) is 41.4 Å². The average Bonchev–Trinajstić information content (AvgIpc) is 3.11. The molecule has 19 heavy (non-hydrogen) atoms. The molecule has 6 aliphatic rings. The van der Waals surface area contributed by atoms with Crippen LogP contribution >= 0.6 is 12.4 Å². The van der Waals surface area contributed by atoms with Crippen molar-refractivity contribution in [2.75, 3.05) is 0 Å². The quantitative estimate of drug-likeness (QED) is 0.837. The molecular formula is C17H20ClN. The molecule has 1 aromatic carbocycles. The molecule has 2 N–H and O–H groups in total. The van der Waals surface area contributed by atoms with Gasteiger partial charge in [0.05, 0.1) is 0 Å². The number of benzene rings is 1. The summed E-state index contributed by atoms with van der Waals surface area (Å²) < 4.78 is 0. The Kier molecular flexibility index (Phi) is 1.79. The van der Waals surface area contributed by atoms with E-state index in [1.165, 1.54) is 12.8 Å². The van der Waals surface area contributed by atoms with E-state index in [0.29, 0.717) is 11.5 Å². The number of halogens is 1. The van der Waals surface area contributed by atoms with Crippen LogP contribution in [0.25, 0.3) is 0 Å². The average molecular weight is 274 g/mol. The highest BCUT2D eigenvalue weighted by Crippen LogP contribution is 2.86.